The van der Waals surface area contributed by atoms with E-state index < -0.39 is 5.41 Å². The van der Waals surface area contributed by atoms with E-state index in [-0.39, 0.29) is 17.6 Å². The van der Waals surface area contributed by atoms with E-state index in [0.29, 0.717) is 34.0 Å². The molecule has 164 valence electrons. The Kier molecular flexibility index (Phi) is 3.93. The van der Waals surface area contributed by atoms with E-state index in [1.54, 1.807) is 0 Å². The van der Waals surface area contributed by atoms with Gasteiger partial charge in [-0.1, -0.05) is 86.9 Å². The van der Waals surface area contributed by atoms with Gasteiger partial charge in [0.2, 0.25) is 17.4 Å². The fourth-order valence-electron chi connectivity index (χ4n) is 4.82. The first-order chi connectivity index (χ1) is 16.7. The molecule has 7 nitrogen and oxygen atoms in total. The number of fused-ring (bicyclic) bond motifs is 6. The summed E-state index contributed by atoms with van der Waals surface area (Å²) in [5.41, 5.74) is 3.03. The first-order valence-electron chi connectivity index (χ1n) is 10.6. The van der Waals surface area contributed by atoms with Crippen LogP contribution in [0.25, 0.3) is 22.5 Å². The summed E-state index contributed by atoms with van der Waals surface area (Å²) in [7, 11) is 0. The molecule has 1 atom stereocenters. The van der Waals surface area contributed by atoms with Crippen LogP contribution in [0.3, 0.4) is 0 Å². The van der Waals surface area contributed by atoms with Gasteiger partial charge in [-0.2, -0.15) is 0 Å². The van der Waals surface area contributed by atoms with E-state index in [1.165, 1.54) is 0 Å². The van der Waals surface area contributed by atoms with E-state index in [0.717, 1.165) is 15.6 Å². The summed E-state index contributed by atoms with van der Waals surface area (Å²) in [6, 6.07) is 24.7. The quantitative estimate of drug-likeness (QED) is 0.305. The lowest BCUT2D eigenvalue weighted by Gasteiger charge is -2.29. The third-order valence-electron chi connectivity index (χ3n) is 6.29. The van der Waals surface area contributed by atoms with E-state index in [4.69, 9.17) is 13.8 Å². The number of hydrogen-bond donors (Lipinski definition) is 1. The standard InChI is InChI=1S/C26H14BrN3O4/c27-16-11-12-18-17(13-16)26(25(31)28-18)19-20(14-7-3-1-4-8-14)29-34-24(19)32-22-21(30-33-23(22)26)15-9-5-2-6-10-15/h1-13H,(H,28,31). The van der Waals surface area contributed by atoms with Crippen LogP contribution in [0.1, 0.15) is 16.9 Å². The molecule has 0 radical (unpaired) electrons. The van der Waals surface area contributed by atoms with Crippen LogP contribution in [0.2, 0.25) is 0 Å². The van der Waals surface area contributed by atoms with Crippen molar-refractivity contribution in [2.75, 3.05) is 5.32 Å². The molecule has 8 heteroatoms. The summed E-state index contributed by atoms with van der Waals surface area (Å²) in [6.45, 7) is 0. The summed E-state index contributed by atoms with van der Waals surface area (Å²) in [6.07, 6.45) is 0. The van der Waals surface area contributed by atoms with Crippen LogP contribution in [0.5, 0.6) is 11.7 Å². The van der Waals surface area contributed by atoms with Crippen molar-refractivity contribution in [3.63, 3.8) is 0 Å². The third kappa shape index (κ3) is 2.43. The van der Waals surface area contributed by atoms with Crippen molar-refractivity contribution in [3.8, 4) is 34.2 Å². The number of amides is 1. The Hall–Kier alpha value is -4.17. The summed E-state index contributed by atoms with van der Waals surface area (Å²) in [5.74, 6) is 0.461. The number of ether oxygens (including phenoxy) is 1. The number of nitrogens with one attached hydrogen (secondary N) is 1. The molecule has 1 spiro atoms. The van der Waals surface area contributed by atoms with Crippen molar-refractivity contribution >= 4 is 27.5 Å². The van der Waals surface area contributed by atoms with Crippen molar-refractivity contribution in [3.05, 3.63) is 100 Å². The number of rotatable bonds is 2. The molecule has 2 aliphatic rings. The van der Waals surface area contributed by atoms with E-state index in [2.05, 4.69) is 31.6 Å². The molecular formula is C26H14BrN3O4. The fourth-order valence-corrected chi connectivity index (χ4v) is 5.18. The molecule has 5 aromatic rings. The molecule has 0 saturated carbocycles. The summed E-state index contributed by atoms with van der Waals surface area (Å²) in [5, 5.41) is 11.7. The van der Waals surface area contributed by atoms with Gasteiger partial charge in [0.25, 0.3) is 0 Å². The molecule has 0 fully saturated rings. The van der Waals surface area contributed by atoms with Gasteiger partial charge in [0.05, 0.1) is 5.56 Å². The van der Waals surface area contributed by atoms with Crippen molar-refractivity contribution < 1.29 is 18.6 Å². The zero-order valence-electron chi connectivity index (χ0n) is 17.4. The zero-order chi connectivity index (χ0) is 22.9. The highest BCUT2D eigenvalue weighted by molar-refractivity contribution is 9.10. The average Bonchev–Trinajstić information content (AvgIpc) is 3.56. The van der Waals surface area contributed by atoms with Crippen LogP contribution < -0.4 is 10.1 Å². The molecule has 0 aliphatic carbocycles. The number of hydrogen-bond acceptors (Lipinski definition) is 6. The predicted octanol–water partition coefficient (Wildman–Crippen LogP) is 6.15. The Morgan fingerprint density at radius 3 is 2.24 bits per heavy atom. The molecule has 2 aliphatic heterocycles. The summed E-state index contributed by atoms with van der Waals surface area (Å²) in [4.78, 5) is 13.9. The van der Waals surface area contributed by atoms with Gasteiger partial charge in [0.1, 0.15) is 5.69 Å². The molecule has 0 bridgehead atoms. The molecule has 34 heavy (non-hydrogen) atoms. The molecule has 3 aromatic carbocycles. The van der Waals surface area contributed by atoms with Crippen LogP contribution in [0, 0.1) is 0 Å². The van der Waals surface area contributed by atoms with Crippen LogP contribution in [-0.4, -0.2) is 16.2 Å². The molecule has 4 heterocycles. The topological polar surface area (TPSA) is 90.4 Å². The number of halogens is 1. The second-order valence-corrected chi connectivity index (χ2v) is 9.03. The minimum atomic E-state index is -1.40. The second-order valence-electron chi connectivity index (χ2n) is 8.11. The minimum Gasteiger partial charge on any atom is -0.418 e. The summed E-state index contributed by atoms with van der Waals surface area (Å²) >= 11 is 3.56. The van der Waals surface area contributed by atoms with Crippen molar-refractivity contribution in [2.45, 2.75) is 5.41 Å². The highest BCUT2D eigenvalue weighted by Crippen LogP contribution is 2.60. The molecule has 1 amide bonds. The molecule has 2 aromatic heterocycles. The number of anilines is 1. The Morgan fingerprint density at radius 2 is 1.50 bits per heavy atom. The van der Waals surface area contributed by atoms with Gasteiger partial charge in [-0.15, -0.1) is 0 Å². The number of aromatic nitrogens is 2. The molecule has 7 rings (SSSR count). The maximum Gasteiger partial charge on any atom is 0.322 e. The van der Waals surface area contributed by atoms with E-state index in [9.17, 15) is 4.79 Å². The largest absolute Gasteiger partial charge is 0.418 e. The Balaban J connectivity index is 1.58. The van der Waals surface area contributed by atoms with Gasteiger partial charge in [-0.05, 0) is 18.2 Å². The maximum atomic E-state index is 13.9. The van der Waals surface area contributed by atoms with Gasteiger partial charge in [-0.3, -0.25) is 4.79 Å². The predicted molar refractivity (Wildman–Crippen MR) is 127 cm³/mol. The fraction of sp³-hybridized carbons (Fsp3) is 0.0385. The molecule has 1 N–H and O–H groups in total. The van der Waals surface area contributed by atoms with Crippen LogP contribution in [0.4, 0.5) is 5.69 Å². The summed E-state index contributed by atoms with van der Waals surface area (Å²) < 4.78 is 18.7. The van der Waals surface area contributed by atoms with E-state index >= 15 is 0 Å². The van der Waals surface area contributed by atoms with Crippen molar-refractivity contribution in [2.24, 2.45) is 0 Å². The SMILES string of the molecule is O=C1Nc2ccc(Br)cc2C12c1onc(-c3ccccc3)c1Oc1onc(-c3ccccc3)c12. The van der Waals surface area contributed by atoms with Crippen LogP contribution in [0.15, 0.2) is 92.4 Å². The number of nitrogens with zero attached hydrogens (tertiary/aromatic N) is 2. The number of carbonyl (C=O) groups excluding carboxylic acids is 1. The number of benzene rings is 3. The van der Waals surface area contributed by atoms with E-state index in [1.807, 2.05) is 78.9 Å². The normalized spacial score (nSPS) is 17.6. The second kappa shape index (κ2) is 6.91. The number of carbonyl (C=O) groups is 1. The van der Waals surface area contributed by atoms with Crippen LogP contribution >= 0.6 is 15.9 Å². The van der Waals surface area contributed by atoms with Gasteiger partial charge < -0.3 is 19.1 Å². The Labute approximate surface area is 201 Å². The smallest absolute Gasteiger partial charge is 0.322 e. The lowest BCUT2D eigenvalue weighted by molar-refractivity contribution is -0.119. The lowest BCUT2D eigenvalue weighted by atomic mass is 9.71. The monoisotopic (exact) mass is 511 g/mol. The Bertz CT molecular complexity index is 1590. The lowest BCUT2D eigenvalue weighted by Crippen LogP contribution is -2.39. The van der Waals surface area contributed by atoms with Crippen LogP contribution in [-0.2, 0) is 10.2 Å². The first kappa shape index (κ1) is 19.3. The van der Waals surface area contributed by atoms with Gasteiger partial charge in [-0.25, -0.2) is 0 Å². The van der Waals surface area contributed by atoms with Crippen molar-refractivity contribution in [1.82, 2.24) is 10.3 Å². The highest BCUT2D eigenvalue weighted by Gasteiger charge is 2.61. The minimum absolute atomic E-state index is 0.134. The third-order valence-corrected chi connectivity index (χ3v) is 6.78. The highest BCUT2D eigenvalue weighted by atomic mass is 79.9. The molecular weight excluding hydrogens is 498 g/mol. The Morgan fingerprint density at radius 1 is 0.824 bits per heavy atom. The van der Waals surface area contributed by atoms with Gasteiger partial charge in [0, 0.05) is 26.9 Å². The average molecular weight is 512 g/mol. The zero-order valence-corrected chi connectivity index (χ0v) is 19.0. The molecule has 1 unspecified atom stereocenters. The molecule has 0 saturated heterocycles. The van der Waals surface area contributed by atoms with Gasteiger partial charge >= 0.3 is 5.95 Å². The van der Waals surface area contributed by atoms with Gasteiger partial charge in [0.15, 0.2) is 11.1 Å². The van der Waals surface area contributed by atoms with Crippen molar-refractivity contribution in [1.29, 1.82) is 0 Å². The maximum absolute atomic E-state index is 13.9. The first-order valence-corrected chi connectivity index (χ1v) is 11.4.